The van der Waals surface area contributed by atoms with Crippen LogP contribution in [0.3, 0.4) is 0 Å². The lowest BCUT2D eigenvalue weighted by atomic mass is 10.0. The third kappa shape index (κ3) is 3.14. The number of nitrogens with zero attached hydrogens (tertiary/aromatic N) is 1. The number of halogens is 1. The Hall–Kier alpha value is -2.35. The highest BCUT2D eigenvalue weighted by Gasteiger charge is 2.26. The van der Waals surface area contributed by atoms with Crippen LogP contribution in [0.5, 0.6) is 11.5 Å². The van der Waals surface area contributed by atoms with E-state index in [0.29, 0.717) is 22.8 Å². The first kappa shape index (κ1) is 16.5. The summed E-state index contributed by atoms with van der Waals surface area (Å²) >= 11 is 2.16. The number of rotatable bonds is 4. The van der Waals surface area contributed by atoms with Gasteiger partial charge in [-0.15, -0.1) is 0 Å². The van der Waals surface area contributed by atoms with Crippen molar-refractivity contribution >= 4 is 40.3 Å². The first-order valence-corrected chi connectivity index (χ1v) is 8.20. The summed E-state index contributed by atoms with van der Waals surface area (Å²) in [5, 5.41) is 3.90. The normalized spacial score (nSPS) is 15.2. The van der Waals surface area contributed by atoms with Gasteiger partial charge in [-0.25, -0.2) is 4.79 Å². The molecule has 122 valence electrons. The second-order valence-electron chi connectivity index (χ2n) is 4.98. The molecule has 0 N–H and O–H groups in total. The number of carbonyl (C=O) groups is 1. The van der Waals surface area contributed by atoms with E-state index in [9.17, 15) is 4.79 Å². The number of ether oxygens (including phenoxy) is 2. The van der Waals surface area contributed by atoms with Crippen LogP contribution < -0.4 is 9.47 Å². The lowest BCUT2D eigenvalue weighted by Crippen LogP contribution is -2.06. The Labute approximate surface area is 153 Å². The van der Waals surface area contributed by atoms with E-state index in [0.717, 1.165) is 14.7 Å². The highest BCUT2D eigenvalue weighted by Crippen LogP contribution is 2.34. The zero-order chi connectivity index (χ0) is 17.1. The van der Waals surface area contributed by atoms with E-state index >= 15 is 0 Å². The van der Waals surface area contributed by atoms with Crippen LogP contribution in [0, 0.1) is 3.57 Å². The number of benzene rings is 2. The maximum absolute atomic E-state index is 12.1. The maximum atomic E-state index is 12.1. The Morgan fingerprint density at radius 2 is 1.88 bits per heavy atom. The highest BCUT2D eigenvalue weighted by atomic mass is 127. The molecule has 0 radical (unpaired) electrons. The van der Waals surface area contributed by atoms with Crippen molar-refractivity contribution in [2.75, 3.05) is 14.2 Å². The van der Waals surface area contributed by atoms with Gasteiger partial charge in [0.05, 0.1) is 23.4 Å². The summed E-state index contributed by atoms with van der Waals surface area (Å²) in [5.41, 5.74) is 2.55. The molecule has 0 atom stereocenters. The largest absolute Gasteiger partial charge is 0.493 e. The van der Waals surface area contributed by atoms with Crippen LogP contribution in [0.25, 0.3) is 6.08 Å². The Morgan fingerprint density at radius 3 is 2.54 bits per heavy atom. The van der Waals surface area contributed by atoms with Crippen molar-refractivity contribution in [2.45, 2.75) is 0 Å². The van der Waals surface area contributed by atoms with Gasteiger partial charge in [-0.05, 0) is 46.4 Å². The summed E-state index contributed by atoms with van der Waals surface area (Å²) < 4.78 is 11.6. The van der Waals surface area contributed by atoms with Crippen molar-refractivity contribution in [3.63, 3.8) is 0 Å². The molecular formula is C18H14INO4. The van der Waals surface area contributed by atoms with Crippen LogP contribution in [0.1, 0.15) is 11.1 Å². The smallest absolute Gasteiger partial charge is 0.368 e. The van der Waals surface area contributed by atoms with Crippen LogP contribution >= 0.6 is 22.6 Å². The average Bonchev–Trinajstić information content (AvgIpc) is 2.96. The standard InChI is InChI=1S/C18H14INO4/c1-22-15-10-11(9-14(19)17(15)23-2)8-13-16(20-24-18(13)21)12-6-4-3-5-7-12/h3-10H,1-2H3/b13-8-. The number of methoxy groups -OCH3 is 2. The van der Waals surface area contributed by atoms with E-state index in [4.69, 9.17) is 14.3 Å². The van der Waals surface area contributed by atoms with Gasteiger partial charge in [-0.3, -0.25) is 0 Å². The molecule has 1 aliphatic rings. The molecular weight excluding hydrogens is 421 g/mol. The van der Waals surface area contributed by atoms with Gasteiger partial charge in [0.1, 0.15) is 5.71 Å². The molecule has 0 unspecified atom stereocenters. The van der Waals surface area contributed by atoms with Crippen LogP contribution in [-0.4, -0.2) is 25.9 Å². The van der Waals surface area contributed by atoms with Gasteiger partial charge in [-0.1, -0.05) is 35.5 Å². The fourth-order valence-corrected chi connectivity index (χ4v) is 3.25. The lowest BCUT2D eigenvalue weighted by Gasteiger charge is -2.10. The van der Waals surface area contributed by atoms with Gasteiger partial charge in [0.15, 0.2) is 11.5 Å². The molecule has 2 aromatic rings. The Bertz CT molecular complexity index is 844. The van der Waals surface area contributed by atoms with Crippen molar-refractivity contribution in [3.05, 3.63) is 62.7 Å². The van der Waals surface area contributed by atoms with E-state index in [2.05, 4.69) is 27.7 Å². The molecule has 3 rings (SSSR count). The van der Waals surface area contributed by atoms with Crippen molar-refractivity contribution < 1.29 is 19.1 Å². The second kappa shape index (κ2) is 7.04. The average molecular weight is 435 g/mol. The van der Waals surface area contributed by atoms with Crippen LogP contribution in [-0.2, 0) is 9.63 Å². The van der Waals surface area contributed by atoms with E-state index in [1.165, 1.54) is 0 Å². The predicted octanol–water partition coefficient (Wildman–Crippen LogP) is 3.65. The number of hydrogen-bond donors (Lipinski definition) is 0. The summed E-state index contributed by atoms with van der Waals surface area (Å²) in [4.78, 5) is 16.9. The van der Waals surface area contributed by atoms with Crippen molar-refractivity contribution in [1.29, 1.82) is 0 Å². The van der Waals surface area contributed by atoms with E-state index < -0.39 is 5.97 Å². The Morgan fingerprint density at radius 1 is 1.12 bits per heavy atom. The monoisotopic (exact) mass is 435 g/mol. The molecule has 0 saturated carbocycles. The summed E-state index contributed by atoms with van der Waals surface area (Å²) in [6.45, 7) is 0. The van der Waals surface area contributed by atoms with Crippen molar-refractivity contribution in [3.8, 4) is 11.5 Å². The number of carbonyl (C=O) groups excluding carboxylic acids is 1. The van der Waals surface area contributed by atoms with Gasteiger partial charge in [0.25, 0.3) is 0 Å². The van der Waals surface area contributed by atoms with Gasteiger partial charge >= 0.3 is 5.97 Å². The van der Waals surface area contributed by atoms with E-state index in [1.54, 1.807) is 20.3 Å². The van der Waals surface area contributed by atoms with E-state index in [1.807, 2.05) is 42.5 Å². The third-order valence-corrected chi connectivity index (χ3v) is 4.31. The molecule has 0 aromatic heterocycles. The summed E-state index contributed by atoms with van der Waals surface area (Å²) in [5.74, 6) is 0.783. The highest BCUT2D eigenvalue weighted by molar-refractivity contribution is 14.1. The summed E-state index contributed by atoms with van der Waals surface area (Å²) in [7, 11) is 3.16. The van der Waals surface area contributed by atoms with Gasteiger partial charge in [0.2, 0.25) is 0 Å². The molecule has 24 heavy (non-hydrogen) atoms. The first-order valence-electron chi connectivity index (χ1n) is 7.12. The summed E-state index contributed by atoms with van der Waals surface area (Å²) in [6.07, 6.45) is 1.74. The zero-order valence-corrected chi connectivity index (χ0v) is 15.2. The molecule has 1 heterocycles. The van der Waals surface area contributed by atoms with Gasteiger partial charge in [-0.2, -0.15) is 0 Å². The quantitative estimate of drug-likeness (QED) is 0.418. The molecule has 0 fully saturated rings. The lowest BCUT2D eigenvalue weighted by molar-refractivity contribution is -0.136. The Balaban J connectivity index is 2.05. The molecule has 0 amide bonds. The number of oxime groups is 1. The van der Waals surface area contributed by atoms with Gasteiger partial charge < -0.3 is 14.3 Å². The minimum absolute atomic E-state index is 0.407. The van der Waals surface area contributed by atoms with Crippen molar-refractivity contribution in [2.24, 2.45) is 5.16 Å². The predicted molar refractivity (Wildman–Crippen MR) is 99.3 cm³/mol. The molecule has 1 aliphatic heterocycles. The van der Waals surface area contributed by atoms with Gasteiger partial charge in [0, 0.05) is 5.56 Å². The SMILES string of the molecule is COc1cc(/C=C2\C(=O)ON=C2c2ccccc2)cc(I)c1OC. The fraction of sp³-hybridized carbons (Fsp3) is 0.111. The molecule has 0 bridgehead atoms. The van der Waals surface area contributed by atoms with Crippen LogP contribution in [0.4, 0.5) is 0 Å². The Kier molecular flexibility index (Phi) is 4.84. The number of hydrogen-bond acceptors (Lipinski definition) is 5. The fourth-order valence-electron chi connectivity index (χ4n) is 2.40. The third-order valence-electron chi connectivity index (χ3n) is 3.51. The topological polar surface area (TPSA) is 57.1 Å². The molecule has 0 spiro atoms. The molecule has 0 aliphatic carbocycles. The first-order chi connectivity index (χ1) is 11.6. The maximum Gasteiger partial charge on any atom is 0.368 e. The minimum Gasteiger partial charge on any atom is -0.493 e. The second-order valence-corrected chi connectivity index (χ2v) is 6.14. The van der Waals surface area contributed by atoms with Crippen molar-refractivity contribution in [1.82, 2.24) is 0 Å². The summed E-state index contributed by atoms with van der Waals surface area (Å²) in [6, 6.07) is 13.2. The molecule has 6 heteroatoms. The zero-order valence-electron chi connectivity index (χ0n) is 13.1. The molecule has 5 nitrogen and oxygen atoms in total. The van der Waals surface area contributed by atoms with Crippen LogP contribution in [0.15, 0.2) is 53.2 Å². The molecule has 0 saturated heterocycles. The minimum atomic E-state index is -0.473. The van der Waals surface area contributed by atoms with Crippen LogP contribution in [0.2, 0.25) is 0 Å². The molecule has 2 aromatic carbocycles. The van der Waals surface area contributed by atoms with E-state index in [-0.39, 0.29) is 0 Å².